The third-order valence-electron chi connectivity index (χ3n) is 2.13. The van der Waals surface area contributed by atoms with Crippen LogP contribution in [0, 0.1) is 6.92 Å². The van der Waals surface area contributed by atoms with Crippen molar-refractivity contribution in [3.63, 3.8) is 0 Å². The molecule has 2 aromatic rings. The largest absolute Gasteiger partial charge is 0.317 e. The second-order valence-corrected chi connectivity index (χ2v) is 4.13. The fourth-order valence-corrected chi connectivity index (χ4v) is 2.06. The number of nitrogens with two attached hydrogens (primary N) is 1. The molecule has 0 spiro atoms. The number of aromatic amines is 1. The lowest BCUT2D eigenvalue weighted by molar-refractivity contribution is 0.781. The fourth-order valence-electron chi connectivity index (χ4n) is 1.32. The van der Waals surface area contributed by atoms with Crippen LogP contribution in [-0.4, -0.2) is 20.6 Å². The van der Waals surface area contributed by atoms with Gasteiger partial charge in [-0.15, -0.1) is 10.2 Å². The van der Waals surface area contributed by atoms with Crippen molar-refractivity contribution >= 4 is 15.9 Å². The van der Waals surface area contributed by atoms with Gasteiger partial charge in [0.2, 0.25) is 0 Å². The van der Waals surface area contributed by atoms with Gasteiger partial charge in [0.25, 0.3) is 0 Å². The molecule has 1 unspecified atom stereocenters. The molecule has 5 nitrogen and oxygen atoms in total. The topological polar surface area (TPSA) is 80.5 Å². The van der Waals surface area contributed by atoms with E-state index in [2.05, 4.69) is 36.6 Å². The van der Waals surface area contributed by atoms with Gasteiger partial charge in [0.1, 0.15) is 0 Å². The van der Waals surface area contributed by atoms with Crippen molar-refractivity contribution < 1.29 is 0 Å². The quantitative estimate of drug-likeness (QED) is 0.860. The predicted molar refractivity (Wildman–Crippen MR) is 59.1 cm³/mol. The van der Waals surface area contributed by atoms with Crippen molar-refractivity contribution in [3.05, 3.63) is 39.6 Å². The molecule has 2 rings (SSSR count). The number of tetrazole rings is 1. The van der Waals surface area contributed by atoms with Gasteiger partial charge >= 0.3 is 0 Å². The van der Waals surface area contributed by atoms with Gasteiger partial charge in [-0.3, -0.25) is 0 Å². The maximum atomic E-state index is 6.00. The number of hydrogen-bond acceptors (Lipinski definition) is 4. The summed E-state index contributed by atoms with van der Waals surface area (Å²) >= 11 is 3.47. The van der Waals surface area contributed by atoms with Crippen LogP contribution in [0.2, 0.25) is 0 Å². The lowest BCUT2D eigenvalue weighted by Crippen LogP contribution is -2.14. The maximum absolute atomic E-state index is 6.00. The molecule has 78 valence electrons. The number of nitrogens with zero attached hydrogens (tertiary/aromatic N) is 3. The Labute approximate surface area is 95.2 Å². The number of benzene rings is 1. The lowest BCUT2D eigenvalue weighted by Gasteiger charge is -2.10. The molecule has 6 heteroatoms. The summed E-state index contributed by atoms with van der Waals surface area (Å²) in [5, 5.41) is 13.6. The van der Waals surface area contributed by atoms with E-state index in [-0.39, 0.29) is 6.04 Å². The van der Waals surface area contributed by atoms with E-state index in [1.54, 1.807) is 0 Å². The van der Waals surface area contributed by atoms with Gasteiger partial charge in [0.05, 0.1) is 6.04 Å². The van der Waals surface area contributed by atoms with Crippen molar-refractivity contribution in [2.75, 3.05) is 0 Å². The Morgan fingerprint density at radius 1 is 1.47 bits per heavy atom. The van der Waals surface area contributed by atoms with E-state index >= 15 is 0 Å². The van der Waals surface area contributed by atoms with Crippen LogP contribution in [0.3, 0.4) is 0 Å². The van der Waals surface area contributed by atoms with Crippen LogP contribution in [0.1, 0.15) is 23.0 Å². The predicted octanol–water partition coefficient (Wildman–Crippen LogP) is 1.32. The smallest absolute Gasteiger partial charge is 0.195 e. The third kappa shape index (κ3) is 2.05. The second kappa shape index (κ2) is 4.08. The molecule has 1 aromatic heterocycles. The number of rotatable bonds is 2. The standard InChI is InChI=1S/C9H10BrN5/c1-5-2-3-6(7(10)4-5)8(11)9-12-14-15-13-9/h2-4,8H,11H2,1H3,(H,12,13,14,15). The van der Waals surface area contributed by atoms with E-state index in [4.69, 9.17) is 5.73 Å². The van der Waals surface area contributed by atoms with E-state index < -0.39 is 0 Å². The Balaban J connectivity index is 2.38. The molecule has 1 aromatic carbocycles. The van der Waals surface area contributed by atoms with E-state index in [9.17, 15) is 0 Å². The molecular weight excluding hydrogens is 258 g/mol. The highest BCUT2D eigenvalue weighted by molar-refractivity contribution is 9.10. The van der Waals surface area contributed by atoms with Gasteiger partial charge in [-0.05, 0) is 24.1 Å². The number of hydrogen-bond donors (Lipinski definition) is 2. The number of halogens is 1. The normalized spacial score (nSPS) is 12.7. The average molecular weight is 268 g/mol. The summed E-state index contributed by atoms with van der Waals surface area (Å²) in [4.78, 5) is 0. The van der Waals surface area contributed by atoms with Crippen LogP contribution < -0.4 is 5.73 Å². The van der Waals surface area contributed by atoms with Gasteiger partial charge in [-0.2, -0.15) is 5.21 Å². The first-order chi connectivity index (χ1) is 7.18. The Morgan fingerprint density at radius 2 is 2.27 bits per heavy atom. The van der Waals surface area contributed by atoms with E-state index in [0.29, 0.717) is 5.82 Å². The summed E-state index contributed by atoms with van der Waals surface area (Å²) < 4.78 is 0.958. The molecular formula is C9H10BrN5. The first kappa shape index (κ1) is 10.3. The third-order valence-corrected chi connectivity index (χ3v) is 2.82. The molecule has 0 aliphatic rings. The molecule has 1 atom stereocenters. The van der Waals surface area contributed by atoms with E-state index in [1.807, 2.05) is 25.1 Å². The van der Waals surface area contributed by atoms with Gasteiger partial charge < -0.3 is 5.73 Å². The zero-order valence-corrected chi connectivity index (χ0v) is 9.69. The van der Waals surface area contributed by atoms with Crippen LogP contribution in [0.25, 0.3) is 0 Å². The number of H-pyrrole nitrogens is 1. The summed E-state index contributed by atoms with van der Waals surface area (Å²) in [6.07, 6.45) is 0. The van der Waals surface area contributed by atoms with Crippen LogP contribution in [0.4, 0.5) is 0 Å². The zero-order chi connectivity index (χ0) is 10.8. The fraction of sp³-hybridized carbons (Fsp3) is 0.222. The highest BCUT2D eigenvalue weighted by Gasteiger charge is 2.15. The van der Waals surface area contributed by atoms with Crippen LogP contribution in [0.15, 0.2) is 22.7 Å². The van der Waals surface area contributed by atoms with Crippen molar-refractivity contribution in [2.24, 2.45) is 5.73 Å². The van der Waals surface area contributed by atoms with Crippen molar-refractivity contribution in [2.45, 2.75) is 13.0 Å². The Kier molecular flexibility index (Phi) is 2.79. The number of aryl methyl sites for hydroxylation is 1. The second-order valence-electron chi connectivity index (χ2n) is 3.27. The Hall–Kier alpha value is -1.27. The van der Waals surface area contributed by atoms with E-state index in [0.717, 1.165) is 10.0 Å². The zero-order valence-electron chi connectivity index (χ0n) is 8.11. The first-order valence-corrected chi connectivity index (χ1v) is 5.23. The molecule has 0 bridgehead atoms. The van der Waals surface area contributed by atoms with E-state index in [1.165, 1.54) is 5.56 Å². The first-order valence-electron chi connectivity index (χ1n) is 4.43. The van der Waals surface area contributed by atoms with Crippen molar-refractivity contribution in [1.29, 1.82) is 0 Å². The summed E-state index contributed by atoms with van der Waals surface area (Å²) in [6, 6.07) is 5.61. The molecule has 1 heterocycles. The summed E-state index contributed by atoms with van der Waals surface area (Å²) in [5.74, 6) is 0.486. The maximum Gasteiger partial charge on any atom is 0.195 e. The summed E-state index contributed by atoms with van der Waals surface area (Å²) in [5.41, 5.74) is 8.12. The number of nitrogens with one attached hydrogen (secondary N) is 1. The molecule has 3 N–H and O–H groups in total. The molecule has 15 heavy (non-hydrogen) atoms. The molecule has 0 aliphatic carbocycles. The minimum absolute atomic E-state index is 0.362. The minimum atomic E-state index is -0.362. The molecule has 0 saturated carbocycles. The van der Waals surface area contributed by atoms with Crippen LogP contribution >= 0.6 is 15.9 Å². The molecule has 0 saturated heterocycles. The van der Waals surface area contributed by atoms with Gasteiger partial charge in [-0.25, -0.2) is 0 Å². The highest BCUT2D eigenvalue weighted by atomic mass is 79.9. The van der Waals surface area contributed by atoms with Crippen LogP contribution in [0.5, 0.6) is 0 Å². The Bertz CT molecular complexity index is 454. The van der Waals surface area contributed by atoms with Gasteiger partial charge in [0.15, 0.2) is 5.82 Å². The molecule has 0 aliphatic heterocycles. The van der Waals surface area contributed by atoms with Crippen molar-refractivity contribution in [3.8, 4) is 0 Å². The monoisotopic (exact) mass is 267 g/mol. The molecule has 0 fully saturated rings. The highest BCUT2D eigenvalue weighted by Crippen LogP contribution is 2.25. The summed E-state index contributed by atoms with van der Waals surface area (Å²) in [6.45, 7) is 2.02. The summed E-state index contributed by atoms with van der Waals surface area (Å²) in [7, 11) is 0. The Morgan fingerprint density at radius 3 is 2.87 bits per heavy atom. The molecule has 0 amide bonds. The minimum Gasteiger partial charge on any atom is -0.317 e. The van der Waals surface area contributed by atoms with Crippen molar-refractivity contribution in [1.82, 2.24) is 20.6 Å². The average Bonchev–Trinajstić information content (AvgIpc) is 2.69. The van der Waals surface area contributed by atoms with Crippen LogP contribution in [-0.2, 0) is 0 Å². The van der Waals surface area contributed by atoms with Gasteiger partial charge in [-0.1, -0.05) is 33.3 Å². The van der Waals surface area contributed by atoms with Gasteiger partial charge in [0, 0.05) is 4.47 Å². The number of aromatic nitrogens is 4. The lowest BCUT2D eigenvalue weighted by atomic mass is 10.1. The SMILES string of the molecule is Cc1ccc(C(N)c2nn[nH]n2)c(Br)c1. The molecule has 0 radical (unpaired) electrons.